The number of rotatable bonds is 5. The van der Waals surface area contributed by atoms with Gasteiger partial charge in [0.15, 0.2) is 0 Å². The molecule has 1 fully saturated rings. The minimum absolute atomic E-state index is 0.121. The van der Waals surface area contributed by atoms with E-state index in [1.165, 1.54) is 28.6 Å². The van der Waals surface area contributed by atoms with Crippen LogP contribution in [0.4, 0.5) is 0 Å². The Morgan fingerprint density at radius 3 is 2.62 bits per heavy atom. The highest BCUT2D eigenvalue weighted by molar-refractivity contribution is 7.89. The zero-order valence-corrected chi connectivity index (χ0v) is 12.7. The van der Waals surface area contributed by atoms with Crippen molar-refractivity contribution in [2.45, 2.75) is 30.7 Å². The van der Waals surface area contributed by atoms with Gasteiger partial charge in [0.2, 0.25) is 10.0 Å². The molecule has 6 nitrogen and oxygen atoms in total. The minimum atomic E-state index is -3.63. The summed E-state index contributed by atoms with van der Waals surface area (Å²) in [6, 6.07) is 5.31. The third kappa shape index (κ3) is 3.25. The fourth-order valence-electron chi connectivity index (χ4n) is 2.42. The van der Waals surface area contributed by atoms with Gasteiger partial charge >= 0.3 is 5.97 Å². The van der Waals surface area contributed by atoms with E-state index in [0.717, 1.165) is 6.42 Å². The molecular formula is C14H19NO5S. The monoisotopic (exact) mass is 313 g/mol. The SMILES string of the molecule is CCOC(=O)c1ccc(S(=O)(=O)N2CCC[C@H]2CO)cc1. The van der Waals surface area contributed by atoms with Gasteiger partial charge in [-0.25, -0.2) is 13.2 Å². The maximum Gasteiger partial charge on any atom is 0.338 e. The molecule has 1 aromatic carbocycles. The number of carbonyl (C=O) groups is 1. The Balaban J connectivity index is 2.23. The first kappa shape index (κ1) is 15.9. The fourth-order valence-corrected chi connectivity index (χ4v) is 4.11. The summed E-state index contributed by atoms with van der Waals surface area (Å²) in [6.07, 6.45) is 1.40. The standard InChI is InChI=1S/C14H19NO5S/c1-2-20-14(17)11-5-7-13(8-6-11)21(18,19)15-9-3-4-12(15)10-16/h5-8,12,16H,2-4,9-10H2,1H3/t12-/m0/s1. The Labute approximate surface area is 124 Å². The smallest absolute Gasteiger partial charge is 0.338 e. The van der Waals surface area contributed by atoms with Crippen molar-refractivity contribution in [1.82, 2.24) is 4.31 Å². The van der Waals surface area contributed by atoms with E-state index in [9.17, 15) is 18.3 Å². The van der Waals surface area contributed by atoms with Crippen molar-refractivity contribution in [3.63, 3.8) is 0 Å². The van der Waals surface area contributed by atoms with Gasteiger partial charge in [-0.05, 0) is 44.0 Å². The van der Waals surface area contributed by atoms with E-state index < -0.39 is 16.0 Å². The average molecular weight is 313 g/mol. The molecule has 0 radical (unpaired) electrons. The summed E-state index contributed by atoms with van der Waals surface area (Å²) in [7, 11) is -3.63. The Morgan fingerprint density at radius 1 is 1.38 bits per heavy atom. The highest BCUT2D eigenvalue weighted by atomic mass is 32.2. The van der Waals surface area contributed by atoms with E-state index in [4.69, 9.17) is 4.74 Å². The predicted molar refractivity (Wildman–Crippen MR) is 76.4 cm³/mol. The van der Waals surface area contributed by atoms with E-state index in [1.54, 1.807) is 6.92 Å². The summed E-state index contributed by atoms with van der Waals surface area (Å²) in [5, 5.41) is 9.26. The first-order chi connectivity index (χ1) is 10.0. The van der Waals surface area contributed by atoms with Gasteiger partial charge in [-0.1, -0.05) is 0 Å². The lowest BCUT2D eigenvalue weighted by Crippen LogP contribution is -2.37. The van der Waals surface area contributed by atoms with E-state index in [1.807, 2.05) is 0 Å². The molecule has 1 aromatic rings. The van der Waals surface area contributed by atoms with E-state index in [-0.39, 0.29) is 24.2 Å². The second-order valence-electron chi connectivity index (χ2n) is 4.84. The van der Waals surface area contributed by atoms with Crippen LogP contribution in [0.5, 0.6) is 0 Å². The highest BCUT2D eigenvalue weighted by Gasteiger charge is 2.34. The molecule has 1 heterocycles. The predicted octanol–water partition coefficient (Wildman–Crippen LogP) is 1.01. The Hall–Kier alpha value is -1.44. The molecule has 1 aliphatic rings. The quantitative estimate of drug-likeness (QED) is 0.820. The number of nitrogens with zero attached hydrogens (tertiary/aromatic N) is 1. The van der Waals surface area contributed by atoms with Crippen LogP contribution in [-0.4, -0.2) is 49.6 Å². The molecule has 0 bridgehead atoms. The van der Waals surface area contributed by atoms with Crippen LogP contribution in [0.15, 0.2) is 29.2 Å². The van der Waals surface area contributed by atoms with Crippen molar-refractivity contribution in [3.8, 4) is 0 Å². The Morgan fingerprint density at radius 2 is 2.05 bits per heavy atom. The number of aliphatic hydroxyl groups excluding tert-OH is 1. The lowest BCUT2D eigenvalue weighted by atomic mass is 10.2. The summed E-state index contributed by atoms with van der Waals surface area (Å²) >= 11 is 0. The summed E-state index contributed by atoms with van der Waals surface area (Å²) in [5.41, 5.74) is 0.316. The summed E-state index contributed by atoms with van der Waals surface area (Å²) in [6.45, 7) is 2.21. The zero-order valence-electron chi connectivity index (χ0n) is 11.9. The number of aliphatic hydroxyl groups is 1. The largest absolute Gasteiger partial charge is 0.462 e. The number of esters is 1. The average Bonchev–Trinajstić information content (AvgIpc) is 2.97. The number of ether oxygens (including phenoxy) is 1. The molecule has 0 spiro atoms. The molecule has 1 atom stereocenters. The van der Waals surface area contributed by atoms with Crippen molar-refractivity contribution in [2.75, 3.05) is 19.8 Å². The van der Waals surface area contributed by atoms with E-state index >= 15 is 0 Å². The maximum absolute atomic E-state index is 12.5. The first-order valence-electron chi connectivity index (χ1n) is 6.90. The van der Waals surface area contributed by atoms with Crippen LogP contribution in [-0.2, 0) is 14.8 Å². The summed E-state index contributed by atoms with van der Waals surface area (Å²) in [4.78, 5) is 11.7. The number of sulfonamides is 1. The second kappa shape index (κ2) is 6.55. The van der Waals surface area contributed by atoms with E-state index in [2.05, 4.69) is 0 Å². The molecular weight excluding hydrogens is 294 g/mol. The second-order valence-corrected chi connectivity index (χ2v) is 6.73. The molecule has 1 saturated heterocycles. The molecule has 7 heteroatoms. The normalized spacial score (nSPS) is 19.6. The van der Waals surface area contributed by atoms with Crippen LogP contribution in [0.25, 0.3) is 0 Å². The van der Waals surface area contributed by atoms with Gasteiger partial charge in [0, 0.05) is 12.6 Å². The van der Waals surface area contributed by atoms with Crippen molar-refractivity contribution in [3.05, 3.63) is 29.8 Å². The summed E-state index contributed by atoms with van der Waals surface area (Å²) in [5.74, 6) is -0.476. The van der Waals surface area contributed by atoms with E-state index in [0.29, 0.717) is 18.5 Å². The minimum Gasteiger partial charge on any atom is -0.462 e. The van der Waals surface area contributed by atoms with Crippen LogP contribution in [0, 0.1) is 0 Å². The van der Waals surface area contributed by atoms with Gasteiger partial charge in [-0.3, -0.25) is 0 Å². The first-order valence-corrected chi connectivity index (χ1v) is 8.34. The molecule has 1 N–H and O–H groups in total. The fraction of sp³-hybridized carbons (Fsp3) is 0.500. The number of hydrogen-bond acceptors (Lipinski definition) is 5. The maximum atomic E-state index is 12.5. The van der Waals surface area contributed by atoms with Crippen LogP contribution >= 0.6 is 0 Å². The molecule has 0 aromatic heterocycles. The van der Waals surface area contributed by atoms with Gasteiger partial charge in [-0.2, -0.15) is 4.31 Å². The highest BCUT2D eigenvalue weighted by Crippen LogP contribution is 2.26. The van der Waals surface area contributed by atoms with Crippen molar-refractivity contribution < 1.29 is 23.1 Å². The van der Waals surface area contributed by atoms with Gasteiger partial charge in [0.1, 0.15) is 0 Å². The number of benzene rings is 1. The van der Waals surface area contributed by atoms with Gasteiger partial charge < -0.3 is 9.84 Å². The molecule has 0 saturated carbocycles. The van der Waals surface area contributed by atoms with Crippen LogP contribution < -0.4 is 0 Å². The number of carbonyl (C=O) groups excluding carboxylic acids is 1. The topological polar surface area (TPSA) is 83.9 Å². The molecule has 0 aliphatic carbocycles. The third-order valence-corrected chi connectivity index (χ3v) is 5.47. The van der Waals surface area contributed by atoms with Crippen LogP contribution in [0.2, 0.25) is 0 Å². The van der Waals surface area contributed by atoms with Gasteiger partial charge in [0.05, 0.1) is 23.7 Å². The van der Waals surface area contributed by atoms with Crippen LogP contribution in [0.3, 0.4) is 0 Å². The Kier molecular flexibility index (Phi) is 4.97. The lowest BCUT2D eigenvalue weighted by molar-refractivity contribution is 0.0526. The zero-order chi connectivity index (χ0) is 15.5. The van der Waals surface area contributed by atoms with Gasteiger partial charge in [0.25, 0.3) is 0 Å². The van der Waals surface area contributed by atoms with Gasteiger partial charge in [-0.15, -0.1) is 0 Å². The molecule has 116 valence electrons. The lowest BCUT2D eigenvalue weighted by Gasteiger charge is -2.22. The molecule has 0 amide bonds. The van der Waals surface area contributed by atoms with Crippen molar-refractivity contribution >= 4 is 16.0 Å². The Bertz CT molecular complexity index is 596. The van der Waals surface area contributed by atoms with Crippen LogP contribution in [0.1, 0.15) is 30.1 Å². The molecule has 0 unspecified atom stereocenters. The summed E-state index contributed by atoms with van der Waals surface area (Å²) < 4.78 is 31.2. The third-order valence-electron chi connectivity index (χ3n) is 3.51. The van der Waals surface area contributed by atoms with Crippen molar-refractivity contribution in [1.29, 1.82) is 0 Å². The molecule has 2 rings (SSSR count). The van der Waals surface area contributed by atoms with Crippen molar-refractivity contribution in [2.24, 2.45) is 0 Å². The molecule has 1 aliphatic heterocycles. The molecule has 21 heavy (non-hydrogen) atoms. The number of hydrogen-bond donors (Lipinski definition) is 1.